The first-order chi connectivity index (χ1) is 7.27. The average Bonchev–Trinajstić information content (AvgIpc) is 2.74. The van der Waals surface area contributed by atoms with Gasteiger partial charge in [-0.1, -0.05) is 16.1 Å². The normalized spacial score (nSPS) is 12.7. The number of hydrogen-bond acceptors (Lipinski definition) is 5. The maximum atomic E-state index is 9.84. The van der Waals surface area contributed by atoms with E-state index in [0.29, 0.717) is 11.4 Å². The van der Waals surface area contributed by atoms with Gasteiger partial charge >= 0.3 is 0 Å². The molecule has 0 aromatic carbocycles. The summed E-state index contributed by atoms with van der Waals surface area (Å²) in [7, 11) is 0. The van der Waals surface area contributed by atoms with Gasteiger partial charge in [-0.25, -0.2) is 0 Å². The van der Waals surface area contributed by atoms with Crippen LogP contribution in [0, 0.1) is 0 Å². The Labute approximate surface area is 95.7 Å². The van der Waals surface area contributed by atoms with E-state index in [4.69, 9.17) is 11.6 Å². The lowest BCUT2D eigenvalue weighted by molar-refractivity contribution is 0.182. The molecule has 0 amide bonds. The van der Waals surface area contributed by atoms with E-state index in [1.165, 1.54) is 11.5 Å². The molecule has 2 aromatic rings. The molecule has 6 heteroatoms. The van der Waals surface area contributed by atoms with Crippen LogP contribution in [0.25, 0.3) is 0 Å². The minimum Gasteiger partial charge on any atom is -0.387 e. The molecule has 15 heavy (non-hydrogen) atoms. The molecular weight excluding hydrogens is 234 g/mol. The molecular formula is C9H8ClN3OS. The van der Waals surface area contributed by atoms with Crippen LogP contribution >= 0.6 is 23.1 Å². The lowest BCUT2D eigenvalue weighted by Gasteiger charge is -2.08. The monoisotopic (exact) mass is 241 g/mol. The van der Waals surface area contributed by atoms with Crippen LogP contribution in [0.4, 0.5) is 0 Å². The van der Waals surface area contributed by atoms with Gasteiger partial charge < -0.3 is 5.11 Å². The summed E-state index contributed by atoms with van der Waals surface area (Å²) in [6.07, 6.45) is 4.62. The smallest absolute Gasteiger partial charge is 0.0954 e. The van der Waals surface area contributed by atoms with Gasteiger partial charge in [-0.05, 0) is 23.2 Å². The molecule has 0 bridgehead atoms. The molecule has 2 heterocycles. The number of pyridine rings is 1. The van der Waals surface area contributed by atoms with Crippen molar-refractivity contribution in [3.05, 3.63) is 40.1 Å². The van der Waals surface area contributed by atoms with Gasteiger partial charge in [0.25, 0.3) is 0 Å². The van der Waals surface area contributed by atoms with Gasteiger partial charge in [-0.3, -0.25) is 4.98 Å². The van der Waals surface area contributed by atoms with Crippen LogP contribution in [0.15, 0.2) is 24.7 Å². The predicted octanol–water partition coefficient (Wildman–Crippen LogP) is 1.86. The highest BCUT2D eigenvalue weighted by molar-refractivity contribution is 7.05. The standard InChI is InChI=1S/C9H8ClN3OS/c10-7-4-11-2-1-6(7)3-8(14)9-5-12-13-15-9/h1-2,4-5,8,14H,3H2. The molecule has 0 saturated heterocycles. The minimum atomic E-state index is -0.607. The van der Waals surface area contributed by atoms with Crippen molar-refractivity contribution in [1.29, 1.82) is 0 Å². The summed E-state index contributed by atoms with van der Waals surface area (Å²) in [6, 6.07) is 1.79. The fourth-order valence-corrected chi connectivity index (χ4v) is 1.88. The Balaban J connectivity index is 2.13. The number of hydrogen-bond donors (Lipinski definition) is 1. The first kappa shape index (κ1) is 10.5. The number of halogens is 1. The summed E-state index contributed by atoms with van der Waals surface area (Å²) in [5.41, 5.74) is 0.868. The highest BCUT2D eigenvalue weighted by Crippen LogP contribution is 2.23. The summed E-state index contributed by atoms with van der Waals surface area (Å²) < 4.78 is 3.69. The first-order valence-electron chi connectivity index (χ1n) is 4.31. The van der Waals surface area contributed by atoms with Crippen LogP contribution in [-0.4, -0.2) is 19.7 Å². The zero-order valence-electron chi connectivity index (χ0n) is 7.67. The molecule has 0 radical (unpaired) electrons. The van der Waals surface area contributed by atoms with Crippen LogP contribution < -0.4 is 0 Å². The van der Waals surface area contributed by atoms with E-state index in [1.807, 2.05) is 0 Å². The van der Waals surface area contributed by atoms with Crippen molar-refractivity contribution < 1.29 is 5.11 Å². The molecule has 2 rings (SSSR count). The molecule has 1 atom stereocenters. The van der Waals surface area contributed by atoms with Crippen LogP contribution in [0.3, 0.4) is 0 Å². The van der Waals surface area contributed by atoms with Gasteiger partial charge in [0.1, 0.15) is 0 Å². The van der Waals surface area contributed by atoms with Crippen LogP contribution in [-0.2, 0) is 6.42 Å². The molecule has 0 fully saturated rings. The maximum Gasteiger partial charge on any atom is 0.0954 e. The summed E-state index contributed by atoms with van der Waals surface area (Å²) in [6.45, 7) is 0. The van der Waals surface area contributed by atoms with E-state index in [2.05, 4.69) is 14.6 Å². The highest BCUT2D eigenvalue weighted by Gasteiger charge is 2.12. The second-order valence-corrected chi connectivity index (χ2v) is 4.23. The number of rotatable bonds is 3. The molecule has 0 aliphatic carbocycles. The van der Waals surface area contributed by atoms with E-state index in [-0.39, 0.29) is 0 Å². The fraction of sp³-hybridized carbons (Fsp3) is 0.222. The van der Waals surface area contributed by atoms with Gasteiger partial charge in [0.05, 0.1) is 22.2 Å². The van der Waals surface area contributed by atoms with E-state index >= 15 is 0 Å². The summed E-state index contributed by atoms with van der Waals surface area (Å²) in [5, 5.41) is 14.1. The van der Waals surface area contributed by atoms with Gasteiger partial charge in [0.2, 0.25) is 0 Å². The van der Waals surface area contributed by atoms with Crippen molar-refractivity contribution in [3.63, 3.8) is 0 Å². The molecule has 4 nitrogen and oxygen atoms in total. The molecule has 0 spiro atoms. The Morgan fingerprint density at radius 2 is 2.33 bits per heavy atom. The second kappa shape index (κ2) is 4.65. The number of aromatic nitrogens is 3. The zero-order valence-corrected chi connectivity index (χ0v) is 9.24. The zero-order chi connectivity index (χ0) is 10.7. The van der Waals surface area contributed by atoms with Crippen LogP contribution in [0.1, 0.15) is 16.5 Å². The predicted molar refractivity (Wildman–Crippen MR) is 57.8 cm³/mol. The Morgan fingerprint density at radius 1 is 1.47 bits per heavy atom. The molecule has 0 aliphatic heterocycles. The Bertz CT molecular complexity index is 435. The van der Waals surface area contributed by atoms with E-state index in [0.717, 1.165) is 10.4 Å². The van der Waals surface area contributed by atoms with E-state index < -0.39 is 6.10 Å². The van der Waals surface area contributed by atoms with Crippen LogP contribution in [0.2, 0.25) is 5.02 Å². The van der Waals surface area contributed by atoms with E-state index in [9.17, 15) is 5.11 Å². The lowest BCUT2D eigenvalue weighted by atomic mass is 10.1. The number of aliphatic hydroxyl groups excluding tert-OH is 1. The maximum absolute atomic E-state index is 9.84. The molecule has 2 aromatic heterocycles. The van der Waals surface area contributed by atoms with Crippen molar-refractivity contribution in [2.24, 2.45) is 0 Å². The molecule has 0 aliphatic rings. The van der Waals surface area contributed by atoms with Crippen molar-refractivity contribution in [1.82, 2.24) is 14.6 Å². The summed E-state index contributed by atoms with van der Waals surface area (Å²) in [5.74, 6) is 0. The van der Waals surface area contributed by atoms with Gasteiger partial charge in [-0.15, -0.1) is 5.10 Å². The third kappa shape index (κ3) is 2.50. The highest BCUT2D eigenvalue weighted by atomic mass is 35.5. The van der Waals surface area contributed by atoms with E-state index in [1.54, 1.807) is 24.7 Å². The quantitative estimate of drug-likeness (QED) is 0.891. The SMILES string of the molecule is OC(Cc1ccncc1Cl)c1cnns1. The molecule has 1 N–H and O–H groups in total. The topological polar surface area (TPSA) is 58.9 Å². The Hall–Kier alpha value is -1.04. The Morgan fingerprint density at radius 3 is 3.00 bits per heavy atom. The van der Waals surface area contributed by atoms with Gasteiger partial charge in [-0.2, -0.15) is 0 Å². The third-order valence-corrected chi connectivity index (χ3v) is 3.08. The molecule has 78 valence electrons. The third-order valence-electron chi connectivity index (χ3n) is 1.98. The van der Waals surface area contributed by atoms with Crippen molar-refractivity contribution in [2.45, 2.75) is 12.5 Å². The second-order valence-electron chi connectivity index (χ2n) is 3.01. The van der Waals surface area contributed by atoms with Gasteiger partial charge in [0.15, 0.2) is 0 Å². The fourth-order valence-electron chi connectivity index (χ4n) is 1.20. The summed E-state index contributed by atoms with van der Waals surface area (Å²) in [4.78, 5) is 4.62. The largest absolute Gasteiger partial charge is 0.387 e. The molecule has 1 unspecified atom stereocenters. The van der Waals surface area contributed by atoms with Gasteiger partial charge in [0, 0.05) is 18.8 Å². The Kier molecular flexibility index (Phi) is 3.25. The average molecular weight is 242 g/mol. The number of nitrogens with zero attached hydrogens (tertiary/aromatic N) is 3. The minimum absolute atomic E-state index is 0.450. The molecule has 0 saturated carbocycles. The summed E-state index contributed by atoms with van der Waals surface area (Å²) >= 11 is 7.11. The van der Waals surface area contributed by atoms with Crippen molar-refractivity contribution >= 4 is 23.1 Å². The first-order valence-corrected chi connectivity index (χ1v) is 5.46. The number of aliphatic hydroxyl groups is 1. The van der Waals surface area contributed by atoms with Crippen molar-refractivity contribution in [3.8, 4) is 0 Å². The van der Waals surface area contributed by atoms with Crippen LogP contribution in [0.5, 0.6) is 0 Å². The van der Waals surface area contributed by atoms with Crippen molar-refractivity contribution in [2.75, 3.05) is 0 Å². The lowest BCUT2D eigenvalue weighted by Crippen LogP contribution is -2.00.